The molecule has 0 radical (unpaired) electrons. The molecule has 16 heavy (non-hydrogen) atoms. The van der Waals surface area contributed by atoms with E-state index in [9.17, 15) is 10.2 Å². The highest BCUT2D eigenvalue weighted by Crippen LogP contribution is 2.33. The fourth-order valence-electron chi connectivity index (χ4n) is 1.86. The smallest absolute Gasteiger partial charge is 0.122 e. The predicted octanol–water partition coefficient (Wildman–Crippen LogP) is 1.93. The predicted molar refractivity (Wildman–Crippen MR) is 64.2 cm³/mol. The van der Waals surface area contributed by atoms with Crippen LogP contribution in [0, 0.1) is 0 Å². The van der Waals surface area contributed by atoms with E-state index in [4.69, 9.17) is 5.73 Å². The molecule has 2 rings (SSSR count). The Morgan fingerprint density at radius 3 is 2.50 bits per heavy atom. The summed E-state index contributed by atoms with van der Waals surface area (Å²) in [6.45, 7) is 1.71. The molecule has 2 unspecified atom stereocenters. The number of phenols is 1. The van der Waals surface area contributed by atoms with Gasteiger partial charge in [0.15, 0.2) is 0 Å². The molecule has 0 aliphatic carbocycles. The van der Waals surface area contributed by atoms with Crippen molar-refractivity contribution in [3.63, 3.8) is 0 Å². The Kier molecular flexibility index (Phi) is 2.81. The van der Waals surface area contributed by atoms with Crippen molar-refractivity contribution in [3.8, 4) is 5.75 Å². The Morgan fingerprint density at radius 1 is 1.12 bits per heavy atom. The number of aliphatic hydroxyl groups is 1. The molecule has 0 aromatic heterocycles. The second-order valence-electron chi connectivity index (χ2n) is 4.02. The highest BCUT2D eigenvalue weighted by Gasteiger charge is 2.18. The monoisotopic (exact) mass is 217 g/mol. The standard InChI is InChI=1S/C13H15NO2/c1-8(14)13(16)12-10-5-3-2-4-9(10)6-7-11(12)15/h2-8,13,15-16H,14H2,1H3. The lowest BCUT2D eigenvalue weighted by Gasteiger charge is -2.18. The summed E-state index contributed by atoms with van der Waals surface area (Å²) in [5, 5.41) is 21.6. The molecule has 3 heteroatoms. The number of phenolic OH excluding ortho intramolecular Hbond substituents is 1. The van der Waals surface area contributed by atoms with Crippen LogP contribution in [0.1, 0.15) is 18.6 Å². The number of aliphatic hydroxyl groups excluding tert-OH is 1. The lowest BCUT2D eigenvalue weighted by atomic mass is 9.96. The van der Waals surface area contributed by atoms with Crippen LogP contribution in [0.25, 0.3) is 10.8 Å². The minimum atomic E-state index is -0.855. The quantitative estimate of drug-likeness (QED) is 0.720. The molecule has 0 aliphatic heterocycles. The van der Waals surface area contributed by atoms with Gasteiger partial charge in [0.1, 0.15) is 5.75 Å². The first-order chi connectivity index (χ1) is 7.61. The molecule has 2 atom stereocenters. The number of hydrogen-bond donors (Lipinski definition) is 3. The molecular formula is C13H15NO2. The van der Waals surface area contributed by atoms with Crippen LogP contribution in [-0.2, 0) is 0 Å². The molecule has 0 saturated carbocycles. The Morgan fingerprint density at radius 2 is 1.81 bits per heavy atom. The molecule has 0 heterocycles. The van der Waals surface area contributed by atoms with Crippen LogP contribution >= 0.6 is 0 Å². The number of benzene rings is 2. The normalized spacial score (nSPS) is 14.9. The van der Waals surface area contributed by atoms with Gasteiger partial charge in [-0.3, -0.25) is 0 Å². The van der Waals surface area contributed by atoms with Gasteiger partial charge in [-0.05, 0) is 23.8 Å². The van der Waals surface area contributed by atoms with Crippen molar-refractivity contribution in [2.75, 3.05) is 0 Å². The molecule has 2 aromatic rings. The summed E-state index contributed by atoms with van der Waals surface area (Å²) < 4.78 is 0. The van der Waals surface area contributed by atoms with Crippen molar-refractivity contribution in [3.05, 3.63) is 42.0 Å². The van der Waals surface area contributed by atoms with Crippen molar-refractivity contribution < 1.29 is 10.2 Å². The van der Waals surface area contributed by atoms with E-state index in [1.807, 2.05) is 30.3 Å². The van der Waals surface area contributed by atoms with Gasteiger partial charge in [0.05, 0.1) is 6.10 Å². The largest absolute Gasteiger partial charge is 0.508 e. The molecule has 0 bridgehead atoms. The van der Waals surface area contributed by atoms with Crippen molar-refractivity contribution >= 4 is 10.8 Å². The minimum Gasteiger partial charge on any atom is -0.508 e. The zero-order valence-electron chi connectivity index (χ0n) is 9.09. The maximum atomic E-state index is 9.99. The van der Waals surface area contributed by atoms with Gasteiger partial charge in [-0.1, -0.05) is 30.3 Å². The SMILES string of the molecule is CC(N)C(O)c1c(O)ccc2ccccc12. The van der Waals surface area contributed by atoms with Crippen LogP contribution in [-0.4, -0.2) is 16.3 Å². The summed E-state index contributed by atoms with van der Waals surface area (Å²) in [6, 6.07) is 10.6. The van der Waals surface area contributed by atoms with E-state index in [1.54, 1.807) is 13.0 Å². The number of aromatic hydroxyl groups is 1. The lowest BCUT2D eigenvalue weighted by Crippen LogP contribution is -2.24. The van der Waals surface area contributed by atoms with Crippen molar-refractivity contribution in [2.45, 2.75) is 19.1 Å². The summed E-state index contributed by atoms with van der Waals surface area (Å²) in [4.78, 5) is 0. The summed E-state index contributed by atoms with van der Waals surface area (Å²) >= 11 is 0. The van der Waals surface area contributed by atoms with Crippen LogP contribution < -0.4 is 5.73 Å². The molecule has 84 valence electrons. The summed E-state index contributed by atoms with van der Waals surface area (Å²) in [6.07, 6.45) is -0.855. The van der Waals surface area contributed by atoms with Gasteiger partial charge in [-0.15, -0.1) is 0 Å². The third kappa shape index (κ3) is 1.75. The van der Waals surface area contributed by atoms with Crippen LogP contribution in [0.2, 0.25) is 0 Å². The average molecular weight is 217 g/mol. The molecule has 2 aromatic carbocycles. The van der Waals surface area contributed by atoms with E-state index in [0.29, 0.717) is 5.56 Å². The fraction of sp³-hybridized carbons (Fsp3) is 0.231. The fourth-order valence-corrected chi connectivity index (χ4v) is 1.86. The van der Waals surface area contributed by atoms with Gasteiger partial charge >= 0.3 is 0 Å². The topological polar surface area (TPSA) is 66.5 Å². The third-order valence-electron chi connectivity index (χ3n) is 2.74. The van der Waals surface area contributed by atoms with Crippen LogP contribution in [0.5, 0.6) is 5.75 Å². The Bertz CT molecular complexity index is 508. The summed E-state index contributed by atoms with van der Waals surface area (Å²) in [5.41, 5.74) is 6.17. The Labute approximate surface area is 94.1 Å². The first kappa shape index (κ1) is 10.9. The zero-order valence-corrected chi connectivity index (χ0v) is 9.09. The van der Waals surface area contributed by atoms with Crippen LogP contribution in [0.3, 0.4) is 0 Å². The zero-order chi connectivity index (χ0) is 11.7. The highest BCUT2D eigenvalue weighted by atomic mass is 16.3. The summed E-state index contributed by atoms with van der Waals surface area (Å²) in [7, 11) is 0. The van der Waals surface area contributed by atoms with E-state index in [-0.39, 0.29) is 5.75 Å². The highest BCUT2D eigenvalue weighted by molar-refractivity contribution is 5.88. The molecule has 0 saturated heterocycles. The lowest BCUT2D eigenvalue weighted by molar-refractivity contribution is 0.151. The maximum Gasteiger partial charge on any atom is 0.122 e. The molecule has 3 nitrogen and oxygen atoms in total. The second-order valence-corrected chi connectivity index (χ2v) is 4.02. The van der Waals surface area contributed by atoms with E-state index in [1.165, 1.54) is 0 Å². The second kappa shape index (κ2) is 4.12. The van der Waals surface area contributed by atoms with Crippen LogP contribution in [0.15, 0.2) is 36.4 Å². The van der Waals surface area contributed by atoms with Gasteiger partial charge < -0.3 is 15.9 Å². The van der Waals surface area contributed by atoms with Gasteiger partial charge in [0, 0.05) is 11.6 Å². The van der Waals surface area contributed by atoms with Crippen molar-refractivity contribution in [1.82, 2.24) is 0 Å². The minimum absolute atomic E-state index is 0.0866. The van der Waals surface area contributed by atoms with Crippen molar-refractivity contribution in [2.24, 2.45) is 5.73 Å². The maximum absolute atomic E-state index is 9.99. The number of fused-ring (bicyclic) bond motifs is 1. The van der Waals surface area contributed by atoms with E-state index >= 15 is 0 Å². The molecule has 0 amide bonds. The van der Waals surface area contributed by atoms with Gasteiger partial charge in [0.25, 0.3) is 0 Å². The van der Waals surface area contributed by atoms with Crippen LogP contribution in [0.4, 0.5) is 0 Å². The number of nitrogens with two attached hydrogens (primary N) is 1. The Hall–Kier alpha value is -1.58. The van der Waals surface area contributed by atoms with E-state index in [2.05, 4.69) is 0 Å². The van der Waals surface area contributed by atoms with Crippen molar-refractivity contribution in [1.29, 1.82) is 0 Å². The first-order valence-corrected chi connectivity index (χ1v) is 5.25. The third-order valence-corrected chi connectivity index (χ3v) is 2.74. The molecule has 0 aliphatic rings. The van der Waals surface area contributed by atoms with Gasteiger partial charge in [0.2, 0.25) is 0 Å². The van der Waals surface area contributed by atoms with E-state index in [0.717, 1.165) is 10.8 Å². The number of hydrogen-bond acceptors (Lipinski definition) is 3. The Balaban J connectivity index is 2.70. The average Bonchev–Trinajstić information content (AvgIpc) is 2.28. The molecule has 0 fully saturated rings. The number of rotatable bonds is 2. The summed E-state index contributed by atoms with van der Waals surface area (Å²) in [5.74, 6) is 0.0866. The molecule has 4 N–H and O–H groups in total. The molecule has 0 spiro atoms. The molecular weight excluding hydrogens is 202 g/mol. The van der Waals surface area contributed by atoms with Gasteiger partial charge in [-0.25, -0.2) is 0 Å². The first-order valence-electron chi connectivity index (χ1n) is 5.25. The van der Waals surface area contributed by atoms with E-state index < -0.39 is 12.1 Å². The van der Waals surface area contributed by atoms with Gasteiger partial charge in [-0.2, -0.15) is 0 Å².